The molecule has 0 bridgehead atoms. The Hall–Kier alpha value is -1.31. The lowest BCUT2D eigenvalue weighted by atomic mass is 9.83. The van der Waals surface area contributed by atoms with Crippen molar-refractivity contribution < 1.29 is 4.79 Å². The van der Waals surface area contributed by atoms with Crippen LogP contribution in [0.15, 0.2) is 36.1 Å². The summed E-state index contributed by atoms with van der Waals surface area (Å²) in [7, 11) is 0. The van der Waals surface area contributed by atoms with Crippen LogP contribution >= 0.6 is 0 Å². The molecule has 0 aromatic carbocycles. The topological polar surface area (TPSA) is 43.1 Å². The Bertz CT molecular complexity index is 422. The van der Waals surface area contributed by atoms with Crippen LogP contribution in [-0.4, -0.2) is 6.29 Å². The Kier molecular flexibility index (Phi) is 10.6. The number of carbonyl (C=O) groups is 1. The van der Waals surface area contributed by atoms with Crippen molar-refractivity contribution in [3.8, 4) is 0 Å². The molecule has 0 saturated heterocycles. The summed E-state index contributed by atoms with van der Waals surface area (Å²) in [5.41, 5.74) is 7.30. The lowest BCUT2D eigenvalue weighted by molar-refractivity contribution is -0.104. The Morgan fingerprint density at radius 2 is 1.52 bits per heavy atom. The molecule has 0 spiro atoms. The molecule has 4 unspecified atom stereocenters. The number of hydrogen-bond donors (Lipinski definition) is 1. The van der Waals surface area contributed by atoms with Crippen LogP contribution in [0, 0.1) is 23.7 Å². The van der Waals surface area contributed by atoms with Gasteiger partial charge in [-0.15, -0.1) is 0 Å². The van der Waals surface area contributed by atoms with Crippen molar-refractivity contribution in [1.29, 1.82) is 0 Å². The molecule has 0 amide bonds. The van der Waals surface area contributed by atoms with Crippen LogP contribution in [0.1, 0.15) is 66.7 Å². The first kappa shape index (κ1) is 21.7. The molecule has 0 aromatic heterocycles. The molecule has 0 fully saturated rings. The highest BCUT2D eigenvalue weighted by Crippen LogP contribution is 2.27. The Morgan fingerprint density at radius 3 is 1.96 bits per heavy atom. The average Bonchev–Trinajstić information content (AvgIpc) is 2.53. The van der Waals surface area contributed by atoms with Gasteiger partial charge in [-0.2, -0.15) is 0 Å². The van der Waals surface area contributed by atoms with Gasteiger partial charge in [0, 0.05) is 11.3 Å². The van der Waals surface area contributed by atoms with E-state index in [1.807, 2.05) is 0 Å². The van der Waals surface area contributed by atoms with Crippen LogP contribution in [0.5, 0.6) is 0 Å². The van der Waals surface area contributed by atoms with E-state index in [0.717, 1.165) is 30.1 Å². The zero-order valence-electron chi connectivity index (χ0n) is 15.9. The predicted octanol–water partition coefficient (Wildman–Crippen LogP) is 5.66. The second-order valence-corrected chi connectivity index (χ2v) is 7.34. The van der Waals surface area contributed by atoms with Gasteiger partial charge < -0.3 is 5.73 Å². The maximum absolute atomic E-state index is 11.0. The second kappa shape index (κ2) is 11.3. The quantitative estimate of drug-likeness (QED) is 0.287. The first-order valence-electron chi connectivity index (χ1n) is 9.03. The summed E-state index contributed by atoms with van der Waals surface area (Å²) >= 11 is 0. The maximum atomic E-state index is 11.0. The van der Waals surface area contributed by atoms with Crippen LogP contribution in [0.25, 0.3) is 0 Å². The monoisotopic (exact) mass is 319 g/mol. The summed E-state index contributed by atoms with van der Waals surface area (Å²) in [6, 6.07) is 0. The molecular weight excluding hydrogens is 282 g/mol. The maximum Gasteiger partial charge on any atom is 0.152 e. The first-order valence-corrected chi connectivity index (χ1v) is 9.03. The summed E-state index contributed by atoms with van der Waals surface area (Å²) in [4.78, 5) is 11.0. The van der Waals surface area contributed by atoms with Crippen LogP contribution < -0.4 is 5.73 Å². The van der Waals surface area contributed by atoms with Gasteiger partial charge in [0.2, 0.25) is 0 Å². The molecule has 0 saturated carbocycles. The Morgan fingerprint density at radius 1 is 1.00 bits per heavy atom. The van der Waals surface area contributed by atoms with Crippen molar-refractivity contribution >= 4 is 6.29 Å². The summed E-state index contributed by atoms with van der Waals surface area (Å²) < 4.78 is 0. The van der Waals surface area contributed by atoms with Crippen LogP contribution in [0.4, 0.5) is 0 Å². The number of aldehydes is 1. The van der Waals surface area contributed by atoms with E-state index in [4.69, 9.17) is 5.73 Å². The van der Waals surface area contributed by atoms with E-state index in [-0.39, 0.29) is 0 Å². The van der Waals surface area contributed by atoms with E-state index in [9.17, 15) is 4.79 Å². The molecule has 0 aliphatic rings. The second-order valence-electron chi connectivity index (χ2n) is 7.34. The van der Waals surface area contributed by atoms with Crippen molar-refractivity contribution in [3.05, 3.63) is 36.1 Å². The fraction of sp³-hybridized carbons (Fsp3) is 0.667. The molecule has 0 aliphatic heterocycles. The molecule has 0 radical (unpaired) electrons. The highest BCUT2D eigenvalue weighted by Gasteiger charge is 2.15. The van der Waals surface area contributed by atoms with E-state index in [0.29, 0.717) is 23.1 Å². The zero-order chi connectivity index (χ0) is 18.0. The number of carbonyl (C=O) groups excluding carboxylic acids is 1. The molecule has 0 rings (SSSR count). The highest BCUT2D eigenvalue weighted by molar-refractivity contribution is 5.80. The van der Waals surface area contributed by atoms with Crippen LogP contribution in [0.2, 0.25) is 0 Å². The van der Waals surface area contributed by atoms with Gasteiger partial charge in [-0.3, -0.25) is 4.79 Å². The van der Waals surface area contributed by atoms with Gasteiger partial charge in [0.05, 0.1) is 0 Å². The largest absolute Gasteiger partial charge is 0.399 e. The zero-order valence-corrected chi connectivity index (χ0v) is 15.9. The third-order valence-corrected chi connectivity index (χ3v) is 5.31. The molecule has 23 heavy (non-hydrogen) atoms. The molecule has 132 valence electrons. The van der Waals surface area contributed by atoms with E-state index in [1.165, 1.54) is 25.7 Å². The lowest BCUT2D eigenvalue weighted by Crippen LogP contribution is -2.11. The van der Waals surface area contributed by atoms with Crippen molar-refractivity contribution in [3.63, 3.8) is 0 Å². The van der Waals surface area contributed by atoms with Gasteiger partial charge in [0.25, 0.3) is 0 Å². The van der Waals surface area contributed by atoms with Gasteiger partial charge in [0.15, 0.2) is 6.29 Å². The van der Waals surface area contributed by atoms with Gasteiger partial charge in [0.1, 0.15) is 0 Å². The molecule has 4 atom stereocenters. The summed E-state index contributed by atoms with van der Waals surface area (Å²) in [6.45, 7) is 19.2. The van der Waals surface area contributed by atoms with Crippen LogP contribution in [0.3, 0.4) is 0 Å². The van der Waals surface area contributed by atoms with Gasteiger partial charge in [-0.05, 0) is 42.6 Å². The first-order chi connectivity index (χ1) is 10.7. The van der Waals surface area contributed by atoms with E-state index in [2.05, 4.69) is 47.8 Å². The molecule has 0 aromatic rings. The van der Waals surface area contributed by atoms with E-state index in [1.54, 1.807) is 6.08 Å². The van der Waals surface area contributed by atoms with E-state index >= 15 is 0 Å². The fourth-order valence-electron chi connectivity index (χ4n) is 2.56. The van der Waals surface area contributed by atoms with Crippen molar-refractivity contribution in [2.45, 2.75) is 66.7 Å². The Balaban J connectivity index is 4.36. The molecule has 0 heterocycles. The van der Waals surface area contributed by atoms with Gasteiger partial charge >= 0.3 is 0 Å². The normalized spacial score (nSPS) is 17.2. The average molecular weight is 320 g/mol. The van der Waals surface area contributed by atoms with Crippen molar-refractivity contribution in [2.75, 3.05) is 0 Å². The predicted molar refractivity (Wildman–Crippen MR) is 102 cm³/mol. The standard InChI is InChI=1S/C21H37NO/c1-8-15(2)9-10-16(3)17(4)11-12-18(5)19(6)13-21(14-23)20(7)22/h13-18H,6-12,22H2,1-5H3/b21-13-. The van der Waals surface area contributed by atoms with Crippen molar-refractivity contribution in [1.82, 2.24) is 0 Å². The highest BCUT2D eigenvalue weighted by atomic mass is 16.1. The molecule has 2 N–H and O–H groups in total. The molecule has 0 aliphatic carbocycles. The molecular formula is C21H37NO. The fourth-order valence-corrected chi connectivity index (χ4v) is 2.56. The smallest absolute Gasteiger partial charge is 0.152 e. The summed E-state index contributed by atoms with van der Waals surface area (Å²) in [6.07, 6.45) is 8.72. The molecule has 2 heteroatoms. The number of hydrogen-bond acceptors (Lipinski definition) is 2. The summed E-state index contributed by atoms with van der Waals surface area (Å²) in [5, 5.41) is 0. The van der Waals surface area contributed by atoms with Crippen LogP contribution in [-0.2, 0) is 4.79 Å². The minimum Gasteiger partial charge on any atom is -0.399 e. The number of allylic oxidation sites excluding steroid dienone is 3. The van der Waals surface area contributed by atoms with E-state index < -0.39 is 0 Å². The lowest BCUT2D eigenvalue weighted by Gasteiger charge is -2.23. The third-order valence-electron chi connectivity index (χ3n) is 5.31. The minimum absolute atomic E-state index is 0.306. The SMILES string of the molecule is C=C(N)/C(C=O)=C\C(=C)C(C)CCC(C)C(C)CCC(C)CC. The minimum atomic E-state index is 0.306. The Labute approximate surface area is 143 Å². The summed E-state index contributed by atoms with van der Waals surface area (Å²) in [5.74, 6) is 2.66. The molecule has 2 nitrogen and oxygen atoms in total. The van der Waals surface area contributed by atoms with Gasteiger partial charge in [-0.1, -0.05) is 72.6 Å². The van der Waals surface area contributed by atoms with Gasteiger partial charge in [-0.25, -0.2) is 0 Å². The number of nitrogens with two attached hydrogens (primary N) is 1. The van der Waals surface area contributed by atoms with Crippen molar-refractivity contribution in [2.24, 2.45) is 29.4 Å². The number of rotatable bonds is 12. The third kappa shape index (κ3) is 8.78.